The predicted molar refractivity (Wildman–Crippen MR) is 83.2 cm³/mol. The molecule has 5 nitrogen and oxygen atoms in total. The zero-order chi connectivity index (χ0) is 16.6. The highest BCUT2D eigenvalue weighted by Crippen LogP contribution is 2.36. The lowest BCUT2D eigenvalue weighted by atomic mass is 9.91. The molecule has 6 heteroatoms. The number of nitrogens with zero attached hydrogens (tertiary/aromatic N) is 2. The van der Waals surface area contributed by atoms with Crippen molar-refractivity contribution in [1.82, 2.24) is 9.80 Å². The van der Waals surface area contributed by atoms with Gasteiger partial charge in [-0.15, -0.1) is 11.6 Å². The SMILES string of the molecule is CN1C(=O)C(CCCl)N(C(=O)OC(C)(C)C)C1C(C)(C)C. The van der Waals surface area contributed by atoms with Gasteiger partial charge in [0.15, 0.2) is 0 Å². The summed E-state index contributed by atoms with van der Waals surface area (Å²) >= 11 is 5.81. The third-order valence-electron chi connectivity index (χ3n) is 3.36. The van der Waals surface area contributed by atoms with Crippen molar-refractivity contribution < 1.29 is 14.3 Å². The smallest absolute Gasteiger partial charge is 0.412 e. The van der Waals surface area contributed by atoms with Gasteiger partial charge in [-0.05, 0) is 27.2 Å². The third-order valence-corrected chi connectivity index (χ3v) is 3.58. The topological polar surface area (TPSA) is 49.9 Å². The lowest BCUT2D eigenvalue weighted by molar-refractivity contribution is -0.129. The molecule has 0 bridgehead atoms. The molecule has 1 saturated heterocycles. The zero-order valence-electron chi connectivity index (χ0n) is 14.1. The molecular formula is C15H27ClN2O3. The van der Waals surface area contributed by atoms with Crippen LogP contribution in [-0.2, 0) is 9.53 Å². The Balaban J connectivity index is 3.17. The number of hydrogen-bond donors (Lipinski definition) is 0. The van der Waals surface area contributed by atoms with Gasteiger partial charge >= 0.3 is 6.09 Å². The third kappa shape index (κ3) is 4.02. The monoisotopic (exact) mass is 318 g/mol. The summed E-state index contributed by atoms with van der Waals surface area (Å²) in [5, 5.41) is 0. The maximum Gasteiger partial charge on any atom is 0.412 e. The van der Waals surface area contributed by atoms with Crippen molar-refractivity contribution >= 4 is 23.6 Å². The predicted octanol–water partition coefficient (Wildman–Crippen LogP) is 3.07. The van der Waals surface area contributed by atoms with E-state index in [2.05, 4.69) is 0 Å². The van der Waals surface area contributed by atoms with Crippen molar-refractivity contribution in [3.8, 4) is 0 Å². The Labute approximate surface area is 132 Å². The van der Waals surface area contributed by atoms with Crippen molar-refractivity contribution in [3.63, 3.8) is 0 Å². The first kappa shape index (κ1) is 18.1. The largest absolute Gasteiger partial charge is 0.444 e. The average Bonchev–Trinajstić information content (AvgIpc) is 2.51. The summed E-state index contributed by atoms with van der Waals surface area (Å²) < 4.78 is 5.49. The van der Waals surface area contributed by atoms with Gasteiger partial charge in [0, 0.05) is 18.3 Å². The van der Waals surface area contributed by atoms with Gasteiger partial charge in [0.05, 0.1) is 0 Å². The van der Waals surface area contributed by atoms with Crippen molar-refractivity contribution in [3.05, 3.63) is 0 Å². The Hall–Kier alpha value is -0.970. The fraction of sp³-hybridized carbons (Fsp3) is 0.867. The Morgan fingerprint density at radius 2 is 1.76 bits per heavy atom. The van der Waals surface area contributed by atoms with E-state index in [4.69, 9.17) is 16.3 Å². The minimum absolute atomic E-state index is 0.0820. The van der Waals surface area contributed by atoms with Crippen LogP contribution in [0.3, 0.4) is 0 Å². The van der Waals surface area contributed by atoms with Gasteiger partial charge in [0.2, 0.25) is 5.91 Å². The van der Waals surface area contributed by atoms with Crippen LogP contribution in [-0.4, -0.2) is 52.5 Å². The zero-order valence-corrected chi connectivity index (χ0v) is 14.8. The van der Waals surface area contributed by atoms with Crippen molar-refractivity contribution in [1.29, 1.82) is 0 Å². The minimum Gasteiger partial charge on any atom is -0.444 e. The quantitative estimate of drug-likeness (QED) is 0.735. The van der Waals surface area contributed by atoms with Crippen LogP contribution in [0.15, 0.2) is 0 Å². The van der Waals surface area contributed by atoms with Crippen LogP contribution < -0.4 is 0 Å². The number of halogens is 1. The van der Waals surface area contributed by atoms with E-state index in [1.54, 1.807) is 16.8 Å². The van der Waals surface area contributed by atoms with E-state index in [9.17, 15) is 9.59 Å². The van der Waals surface area contributed by atoms with Crippen LogP contribution in [0, 0.1) is 5.41 Å². The van der Waals surface area contributed by atoms with E-state index in [-0.39, 0.29) is 17.5 Å². The summed E-state index contributed by atoms with van der Waals surface area (Å²) in [5.74, 6) is 0.238. The highest BCUT2D eigenvalue weighted by molar-refractivity contribution is 6.18. The van der Waals surface area contributed by atoms with E-state index >= 15 is 0 Å². The number of ether oxygens (including phenoxy) is 1. The first-order valence-electron chi connectivity index (χ1n) is 7.24. The van der Waals surface area contributed by atoms with Crippen LogP contribution in [0.5, 0.6) is 0 Å². The van der Waals surface area contributed by atoms with E-state index < -0.39 is 17.7 Å². The molecule has 0 aromatic carbocycles. The Morgan fingerprint density at radius 1 is 1.24 bits per heavy atom. The molecular weight excluding hydrogens is 292 g/mol. The van der Waals surface area contributed by atoms with E-state index in [1.807, 2.05) is 41.5 Å². The van der Waals surface area contributed by atoms with Crippen molar-refractivity contribution in [2.45, 2.75) is 65.8 Å². The number of carbonyl (C=O) groups excluding carboxylic acids is 2. The number of likely N-dealkylation sites (N-methyl/N-ethyl adjacent to an activating group) is 1. The van der Waals surface area contributed by atoms with Gasteiger partial charge in [-0.3, -0.25) is 9.69 Å². The van der Waals surface area contributed by atoms with Crippen LogP contribution in [0.4, 0.5) is 4.79 Å². The van der Waals surface area contributed by atoms with Crippen LogP contribution in [0.2, 0.25) is 0 Å². The van der Waals surface area contributed by atoms with E-state index in [0.717, 1.165) is 0 Å². The summed E-state index contributed by atoms with van der Waals surface area (Å²) in [5.41, 5.74) is -0.877. The maximum atomic E-state index is 12.6. The second kappa shape index (κ2) is 6.03. The van der Waals surface area contributed by atoms with Crippen LogP contribution in [0.1, 0.15) is 48.0 Å². The summed E-state index contributed by atoms with van der Waals surface area (Å²) in [6.45, 7) is 11.4. The van der Waals surface area contributed by atoms with Gasteiger partial charge in [0.25, 0.3) is 0 Å². The molecule has 2 amide bonds. The molecule has 1 fully saturated rings. The number of amides is 2. The molecule has 0 aliphatic carbocycles. The molecule has 0 aromatic heterocycles. The lowest BCUT2D eigenvalue weighted by Crippen LogP contribution is -2.52. The molecule has 122 valence electrons. The molecule has 0 radical (unpaired) electrons. The van der Waals surface area contributed by atoms with E-state index in [1.165, 1.54) is 0 Å². The van der Waals surface area contributed by atoms with Crippen molar-refractivity contribution in [2.75, 3.05) is 12.9 Å². The summed E-state index contributed by atoms with van der Waals surface area (Å²) in [7, 11) is 1.73. The minimum atomic E-state index is -0.602. The molecule has 1 rings (SSSR count). The Morgan fingerprint density at radius 3 is 2.14 bits per heavy atom. The molecule has 2 atom stereocenters. The normalized spacial score (nSPS) is 23.7. The second-order valence-electron chi connectivity index (χ2n) is 7.57. The maximum absolute atomic E-state index is 12.6. The summed E-state index contributed by atoms with van der Waals surface area (Å²) in [6.07, 6.45) is -0.375. The fourth-order valence-corrected chi connectivity index (χ4v) is 2.94. The highest BCUT2D eigenvalue weighted by Gasteiger charge is 2.52. The summed E-state index contributed by atoms with van der Waals surface area (Å²) in [6, 6.07) is -0.549. The molecule has 1 aliphatic rings. The molecule has 0 aromatic rings. The molecule has 1 aliphatic heterocycles. The highest BCUT2D eigenvalue weighted by atomic mass is 35.5. The number of hydrogen-bond acceptors (Lipinski definition) is 3. The number of carbonyl (C=O) groups is 2. The average molecular weight is 319 g/mol. The molecule has 1 heterocycles. The van der Waals surface area contributed by atoms with Crippen molar-refractivity contribution in [2.24, 2.45) is 5.41 Å². The van der Waals surface area contributed by atoms with Gasteiger partial charge in [-0.2, -0.15) is 0 Å². The molecule has 0 saturated carbocycles. The Bertz CT molecular complexity index is 412. The van der Waals surface area contributed by atoms with Gasteiger partial charge in [0.1, 0.15) is 17.8 Å². The van der Waals surface area contributed by atoms with Gasteiger partial charge in [-0.1, -0.05) is 20.8 Å². The first-order chi connectivity index (χ1) is 9.40. The Kier molecular flexibility index (Phi) is 5.19. The van der Waals surface area contributed by atoms with Gasteiger partial charge < -0.3 is 9.64 Å². The summed E-state index contributed by atoms with van der Waals surface area (Å²) in [4.78, 5) is 28.2. The van der Waals surface area contributed by atoms with Gasteiger partial charge in [-0.25, -0.2) is 4.79 Å². The van der Waals surface area contributed by atoms with E-state index in [0.29, 0.717) is 12.3 Å². The number of alkyl halides is 1. The molecule has 0 spiro atoms. The van der Waals surface area contributed by atoms with Crippen LogP contribution >= 0.6 is 11.6 Å². The second-order valence-corrected chi connectivity index (χ2v) is 7.95. The fourth-order valence-electron chi connectivity index (χ4n) is 2.74. The molecule has 2 unspecified atom stereocenters. The standard InChI is InChI=1S/C15H27ClN2O3/c1-14(2,3)12-17(7)11(19)10(8-9-16)18(12)13(20)21-15(4,5)6/h10,12H,8-9H2,1-7H3. The molecule has 21 heavy (non-hydrogen) atoms. The first-order valence-corrected chi connectivity index (χ1v) is 7.77. The molecule has 0 N–H and O–H groups in total. The van der Waals surface area contributed by atoms with Crippen LogP contribution in [0.25, 0.3) is 0 Å². The number of rotatable bonds is 2. The lowest BCUT2D eigenvalue weighted by Gasteiger charge is -2.39.